The van der Waals surface area contributed by atoms with Crippen molar-refractivity contribution in [3.05, 3.63) is 68.4 Å². The van der Waals surface area contributed by atoms with Gasteiger partial charge in [0.15, 0.2) is 5.71 Å². The van der Waals surface area contributed by atoms with Crippen molar-refractivity contribution < 1.29 is 32.0 Å². The average Bonchev–Trinajstić information content (AvgIpc) is 2.71. The number of benzene rings is 2. The molecule has 0 unspecified atom stereocenters. The van der Waals surface area contributed by atoms with Gasteiger partial charge in [0.05, 0.1) is 11.3 Å². The third kappa shape index (κ3) is 5.84. The minimum Gasteiger partial charge on any atom is -0.398 e. The molecule has 1 amide bonds. The fourth-order valence-electron chi connectivity index (χ4n) is 2.94. The number of aryl methyl sites for hydroxylation is 1. The fourth-order valence-corrected chi connectivity index (χ4v) is 3.37. The molecule has 2 rings (SSSR count). The van der Waals surface area contributed by atoms with Crippen LogP contribution in [0, 0.1) is 12.7 Å². The Morgan fingerprint density at radius 3 is 2.50 bits per heavy atom. The highest BCUT2D eigenvalue weighted by atomic mass is 79.9. The van der Waals surface area contributed by atoms with Crippen LogP contribution >= 0.6 is 15.9 Å². The molecule has 0 aliphatic rings. The Kier molecular flexibility index (Phi) is 8.37. The summed E-state index contributed by atoms with van der Waals surface area (Å²) in [5, 5.41) is 9.90. The molecule has 0 heterocycles. The molecule has 0 saturated carbocycles. The van der Waals surface area contributed by atoms with Gasteiger partial charge >= 0.3 is 6.18 Å². The second-order valence-electron chi connectivity index (χ2n) is 6.56. The van der Waals surface area contributed by atoms with Crippen LogP contribution in [0.25, 0.3) is 0 Å². The molecule has 2 aromatic rings. The van der Waals surface area contributed by atoms with Gasteiger partial charge in [-0.2, -0.15) is 13.2 Å². The summed E-state index contributed by atoms with van der Waals surface area (Å²) in [5.41, 5.74) is -0.585. The van der Waals surface area contributed by atoms with E-state index in [4.69, 9.17) is 9.68 Å². The van der Waals surface area contributed by atoms with Crippen molar-refractivity contribution in [2.75, 3.05) is 14.2 Å². The Morgan fingerprint density at radius 1 is 1.22 bits per heavy atom. The first-order valence-corrected chi connectivity index (χ1v) is 9.95. The normalized spacial score (nSPS) is 12.5. The summed E-state index contributed by atoms with van der Waals surface area (Å²) in [5.74, 6) is -1.60. The molecule has 11 heteroatoms. The zero-order chi connectivity index (χ0) is 24.1. The van der Waals surface area contributed by atoms with Crippen molar-refractivity contribution in [2.24, 2.45) is 10.3 Å². The van der Waals surface area contributed by atoms with E-state index < -0.39 is 29.0 Å². The second kappa shape index (κ2) is 10.6. The van der Waals surface area contributed by atoms with Crippen LogP contribution in [0.15, 0.2) is 45.1 Å². The standard InChI is InChI=1S/C21H20BrF4N3O3/c1-11-6-5-7-14(19(29-31-4)20(30)27-3)15(11)10-32-28-12(2)18-16(21(24,25)26)8-13(22)9-17(18)23/h5-9H,10H2,1-4H3,(H,27,30)/b28-12+,29-19+. The number of likely N-dealkylation sites (N-methyl/N-ethyl adjacent to an activating group) is 1. The van der Waals surface area contributed by atoms with E-state index in [0.717, 1.165) is 12.1 Å². The first-order valence-electron chi connectivity index (χ1n) is 9.16. The highest BCUT2D eigenvalue weighted by molar-refractivity contribution is 9.10. The third-order valence-electron chi connectivity index (χ3n) is 4.42. The van der Waals surface area contributed by atoms with Gasteiger partial charge in [-0.3, -0.25) is 4.79 Å². The molecule has 6 nitrogen and oxygen atoms in total. The molecule has 0 aromatic heterocycles. The van der Waals surface area contributed by atoms with Crippen molar-refractivity contribution >= 4 is 33.3 Å². The number of nitrogens with one attached hydrogen (secondary N) is 1. The quantitative estimate of drug-likeness (QED) is 0.320. The number of carbonyl (C=O) groups is 1. The summed E-state index contributed by atoms with van der Waals surface area (Å²) in [4.78, 5) is 22.2. The highest BCUT2D eigenvalue weighted by Crippen LogP contribution is 2.35. The molecule has 0 saturated heterocycles. The third-order valence-corrected chi connectivity index (χ3v) is 4.88. The number of amides is 1. The van der Waals surface area contributed by atoms with E-state index in [1.54, 1.807) is 25.1 Å². The Bertz CT molecular complexity index is 1070. The highest BCUT2D eigenvalue weighted by Gasteiger charge is 2.36. The molecule has 0 atom stereocenters. The van der Waals surface area contributed by atoms with Gasteiger partial charge in [-0.25, -0.2) is 4.39 Å². The number of nitrogens with zero attached hydrogens (tertiary/aromatic N) is 2. The first-order chi connectivity index (χ1) is 15.0. The lowest BCUT2D eigenvalue weighted by atomic mass is 9.98. The molecule has 0 aliphatic carbocycles. The lowest BCUT2D eigenvalue weighted by Crippen LogP contribution is -2.29. The molecule has 172 valence electrons. The molecular formula is C21H20BrF4N3O3. The molecule has 32 heavy (non-hydrogen) atoms. The summed E-state index contributed by atoms with van der Waals surface area (Å²) in [6, 6.07) is 6.76. The first kappa shape index (κ1) is 25.3. The van der Waals surface area contributed by atoms with Crippen LogP contribution in [0.2, 0.25) is 0 Å². The maximum absolute atomic E-state index is 14.3. The van der Waals surface area contributed by atoms with Crippen molar-refractivity contribution in [3.63, 3.8) is 0 Å². The van der Waals surface area contributed by atoms with Crippen LogP contribution < -0.4 is 5.32 Å². The minimum absolute atomic E-state index is 0.0173. The Morgan fingerprint density at radius 2 is 1.91 bits per heavy atom. The molecule has 0 bridgehead atoms. The van der Waals surface area contributed by atoms with E-state index in [0.29, 0.717) is 16.7 Å². The number of carbonyl (C=O) groups excluding carboxylic acids is 1. The SMILES string of the molecule is CNC(=O)/C(=N/OC)c1cccc(C)c1CO/N=C(\C)c1c(F)cc(Br)cc1C(F)(F)F. The van der Waals surface area contributed by atoms with E-state index in [9.17, 15) is 22.4 Å². The van der Waals surface area contributed by atoms with Crippen LogP contribution in [0.3, 0.4) is 0 Å². The smallest absolute Gasteiger partial charge is 0.398 e. The van der Waals surface area contributed by atoms with Crippen LogP contribution in [0.5, 0.6) is 0 Å². The number of oxime groups is 2. The largest absolute Gasteiger partial charge is 0.417 e. The van der Waals surface area contributed by atoms with Crippen LogP contribution in [0.1, 0.15) is 34.7 Å². The van der Waals surface area contributed by atoms with E-state index in [1.165, 1.54) is 21.1 Å². The van der Waals surface area contributed by atoms with Gasteiger partial charge in [0, 0.05) is 28.2 Å². The maximum atomic E-state index is 14.3. The fraction of sp³-hybridized carbons (Fsp3) is 0.286. The van der Waals surface area contributed by atoms with E-state index in [1.807, 2.05) is 0 Å². The number of hydrogen-bond acceptors (Lipinski definition) is 5. The zero-order valence-electron chi connectivity index (χ0n) is 17.6. The van der Waals surface area contributed by atoms with Gasteiger partial charge in [-0.15, -0.1) is 0 Å². The molecule has 1 N–H and O–H groups in total. The van der Waals surface area contributed by atoms with Crippen molar-refractivity contribution in [3.8, 4) is 0 Å². The van der Waals surface area contributed by atoms with Crippen molar-refractivity contribution in [1.82, 2.24) is 5.32 Å². The van der Waals surface area contributed by atoms with E-state index >= 15 is 0 Å². The van der Waals surface area contributed by atoms with Crippen LogP contribution in [-0.2, 0) is 27.3 Å². The predicted molar refractivity (Wildman–Crippen MR) is 115 cm³/mol. The summed E-state index contributed by atoms with van der Waals surface area (Å²) >= 11 is 2.87. The van der Waals surface area contributed by atoms with Crippen LogP contribution in [0.4, 0.5) is 17.6 Å². The minimum atomic E-state index is -4.79. The summed E-state index contributed by atoms with van der Waals surface area (Å²) in [7, 11) is 2.71. The van der Waals surface area contributed by atoms with Crippen LogP contribution in [-0.4, -0.2) is 31.5 Å². The Hall–Kier alpha value is -2.95. The van der Waals surface area contributed by atoms with Crippen molar-refractivity contribution in [1.29, 1.82) is 0 Å². The lowest BCUT2D eigenvalue weighted by Gasteiger charge is -2.15. The molecule has 0 fully saturated rings. The lowest BCUT2D eigenvalue weighted by molar-refractivity contribution is -0.138. The monoisotopic (exact) mass is 517 g/mol. The molecule has 0 aliphatic heterocycles. The summed E-state index contributed by atoms with van der Waals surface area (Å²) in [6.07, 6.45) is -4.79. The number of hydrogen-bond donors (Lipinski definition) is 1. The van der Waals surface area contributed by atoms with Crippen molar-refractivity contribution in [2.45, 2.75) is 26.6 Å². The molecule has 2 aromatic carbocycles. The van der Waals surface area contributed by atoms with Gasteiger partial charge in [-0.05, 0) is 31.5 Å². The number of rotatable bonds is 7. The van der Waals surface area contributed by atoms with E-state index in [-0.39, 0.29) is 22.5 Å². The predicted octanol–water partition coefficient (Wildman–Crippen LogP) is 4.95. The summed E-state index contributed by atoms with van der Waals surface area (Å²) < 4.78 is 54.5. The van der Waals surface area contributed by atoms with Gasteiger partial charge < -0.3 is 15.0 Å². The zero-order valence-corrected chi connectivity index (χ0v) is 19.2. The van der Waals surface area contributed by atoms with Gasteiger partial charge in [0.1, 0.15) is 19.5 Å². The maximum Gasteiger partial charge on any atom is 0.417 e. The number of alkyl halides is 3. The molecule has 0 spiro atoms. The molecular weight excluding hydrogens is 498 g/mol. The summed E-state index contributed by atoms with van der Waals surface area (Å²) in [6.45, 7) is 2.75. The topological polar surface area (TPSA) is 72.3 Å². The van der Waals surface area contributed by atoms with E-state index in [2.05, 4.69) is 31.6 Å². The van der Waals surface area contributed by atoms with Gasteiger partial charge in [0.2, 0.25) is 0 Å². The van der Waals surface area contributed by atoms with Gasteiger partial charge in [-0.1, -0.05) is 44.4 Å². The second-order valence-corrected chi connectivity index (χ2v) is 7.48. The van der Waals surface area contributed by atoms with Gasteiger partial charge in [0.25, 0.3) is 5.91 Å². The average molecular weight is 518 g/mol. The Labute approximate surface area is 190 Å². The molecule has 0 radical (unpaired) electrons. The Balaban J connectivity index is 2.41. The number of halogens is 5.